The Bertz CT molecular complexity index is 731. The molecule has 0 fully saturated rings. The fourth-order valence-electron chi connectivity index (χ4n) is 3.14. The van der Waals surface area contributed by atoms with Crippen LogP contribution in [-0.2, 0) is 24.9 Å². The van der Waals surface area contributed by atoms with Crippen molar-refractivity contribution in [2.75, 3.05) is 19.8 Å². The first kappa shape index (κ1) is 16.7. The van der Waals surface area contributed by atoms with Crippen LogP contribution < -0.4 is 0 Å². The van der Waals surface area contributed by atoms with Gasteiger partial charge in [0, 0.05) is 32.6 Å². The Morgan fingerprint density at radius 3 is 2.96 bits per heavy atom. The lowest BCUT2D eigenvalue weighted by Crippen LogP contribution is -2.36. The largest absolute Gasteiger partial charge is 0.377 e. The van der Waals surface area contributed by atoms with E-state index in [-0.39, 0.29) is 5.92 Å². The third kappa shape index (κ3) is 3.52. The van der Waals surface area contributed by atoms with Crippen molar-refractivity contribution in [1.29, 1.82) is 0 Å². The topological polar surface area (TPSA) is 43.2 Å². The second-order valence-electron chi connectivity index (χ2n) is 5.99. The second kappa shape index (κ2) is 7.19. The van der Waals surface area contributed by atoms with E-state index in [2.05, 4.69) is 21.8 Å². The highest BCUT2D eigenvalue weighted by Gasteiger charge is 2.30. The number of hydrogen-bond acceptors (Lipinski definition) is 4. The molecule has 0 spiro atoms. The smallest absolute Gasteiger partial charge is 0.159 e. The predicted octanol–water partition coefficient (Wildman–Crippen LogP) is 2.40. The van der Waals surface area contributed by atoms with Crippen molar-refractivity contribution in [1.82, 2.24) is 19.9 Å². The van der Waals surface area contributed by atoms with Crippen LogP contribution in [-0.4, -0.2) is 39.7 Å². The predicted molar refractivity (Wildman–Crippen MR) is 85.2 cm³/mol. The fraction of sp³-hybridized carbons (Fsp3) is 0.412. The normalized spacial score (nSPS) is 17.7. The molecule has 1 aliphatic rings. The zero-order chi connectivity index (χ0) is 17.1. The number of aromatic nitrogens is 3. The van der Waals surface area contributed by atoms with Crippen molar-refractivity contribution >= 4 is 0 Å². The van der Waals surface area contributed by atoms with E-state index in [0.717, 1.165) is 29.6 Å². The molecule has 1 aromatic carbocycles. The summed E-state index contributed by atoms with van der Waals surface area (Å²) >= 11 is 0. The van der Waals surface area contributed by atoms with Gasteiger partial charge in [-0.1, -0.05) is 17.4 Å². The lowest BCUT2D eigenvalue weighted by molar-refractivity contribution is 0.111. The molecule has 0 N–H and O–H groups in total. The average Bonchev–Trinajstić information content (AvgIpc) is 2.92. The van der Waals surface area contributed by atoms with Crippen LogP contribution in [0.5, 0.6) is 0 Å². The van der Waals surface area contributed by atoms with E-state index in [1.807, 2.05) is 7.05 Å². The monoisotopic (exact) mass is 334 g/mol. The Morgan fingerprint density at radius 1 is 1.38 bits per heavy atom. The van der Waals surface area contributed by atoms with Crippen LogP contribution in [0.4, 0.5) is 8.78 Å². The molecule has 1 atom stereocenters. The molecular formula is C17H20F2N4O. The van der Waals surface area contributed by atoms with Gasteiger partial charge in [0.2, 0.25) is 0 Å². The van der Waals surface area contributed by atoms with Crippen molar-refractivity contribution in [3.8, 4) is 0 Å². The number of fused-ring (bicyclic) bond motifs is 1. The lowest BCUT2D eigenvalue weighted by Gasteiger charge is -2.32. The molecule has 1 aromatic heterocycles. The van der Waals surface area contributed by atoms with Gasteiger partial charge in [0.05, 0.1) is 18.9 Å². The van der Waals surface area contributed by atoms with Crippen LogP contribution in [0.2, 0.25) is 0 Å². The van der Waals surface area contributed by atoms with Crippen LogP contribution in [0.1, 0.15) is 22.9 Å². The molecule has 2 heterocycles. The van der Waals surface area contributed by atoms with Crippen molar-refractivity contribution in [2.24, 2.45) is 7.05 Å². The molecule has 128 valence electrons. The van der Waals surface area contributed by atoms with E-state index in [1.54, 1.807) is 16.8 Å². The first-order valence-corrected chi connectivity index (χ1v) is 7.82. The molecule has 1 unspecified atom stereocenters. The van der Waals surface area contributed by atoms with Gasteiger partial charge in [0.1, 0.15) is 5.69 Å². The molecule has 0 saturated heterocycles. The molecule has 0 amide bonds. The second-order valence-corrected chi connectivity index (χ2v) is 5.99. The minimum atomic E-state index is -0.829. The summed E-state index contributed by atoms with van der Waals surface area (Å²) < 4.78 is 33.9. The molecule has 0 saturated carbocycles. The number of aryl methyl sites for hydroxylation is 1. The quantitative estimate of drug-likeness (QED) is 0.601. The third-order valence-electron chi connectivity index (χ3n) is 4.13. The molecule has 1 aliphatic heterocycles. The van der Waals surface area contributed by atoms with E-state index in [9.17, 15) is 8.78 Å². The molecule has 0 bridgehead atoms. The summed E-state index contributed by atoms with van der Waals surface area (Å²) in [6, 6.07) is 4.01. The van der Waals surface area contributed by atoms with Gasteiger partial charge in [-0.2, -0.15) is 0 Å². The standard InChI is InChI=1S/C17H20F2N4O/c1-3-6-24-11-13-9-23(10-16-17(13)22(2)21-20-16)8-12-4-5-14(18)15(19)7-12/h3-5,7,13H,1,6,8-11H2,2H3. The molecule has 24 heavy (non-hydrogen) atoms. The van der Waals surface area contributed by atoms with Crippen LogP contribution in [0.15, 0.2) is 30.9 Å². The van der Waals surface area contributed by atoms with E-state index in [0.29, 0.717) is 26.3 Å². The minimum absolute atomic E-state index is 0.124. The van der Waals surface area contributed by atoms with E-state index < -0.39 is 11.6 Å². The summed E-state index contributed by atoms with van der Waals surface area (Å²) in [7, 11) is 1.87. The fourth-order valence-corrected chi connectivity index (χ4v) is 3.14. The minimum Gasteiger partial charge on any atom is -0.377 e. The van der Waals surface area contributed by atoms with Gasteiger partial charge in [-0.15, -0.1) is 11.7 Å². The molecule has 0 radical (unpaired) electrons. The van der Waals surface area contributed by atoms with Gasteiger partial charge in [0.15, 0.2) is 11.6 Å². The summed E-state index contributed by atoms with van der Waals surface area (Å²) in [6.45, 7) is 6.56. The van der Waals surface area contributed by atoms with Crippen LogP contribution in [0.25, 0.3) is 0 Å². The first-order chi connectivity index (χ1) is 11.6. The van der Waals surface area contributed by atoms with E-state index in [4.69, 9.17) is 4.74 Å². The molecule has 2 aromatic rings. The summed E-state index contributed by atoms with van der Waals surface area (Å²) in [5.74, 6) is -1.53. The Labute approximate surface area is 139 Å². The Morgan fingerprint density at radius 2 is 2.21 bits per heavy atom. The number of benzene rings is 1. The Balaban J connectivity index is 1.76. The maximum atomic E-state index is 13.4. The molecule has 7 heteroatoms. The molecule has 5 nitrogen and oxygen atoms in total. The highest BCUT2D eigenvalue weighted by Crippen LogP contribution is 2.28. The first-order valence-electron chi connectivity index (χ1n) is 7.82. The van der Waals surface area contributed by atoms with Gasteiger partial charge < -0.3 is 4.74 Å². The summed E-state index contributed by atoms with van der Waals surface area (Å²) in [5.41, 5.74) is 2.70. The molecule has 3 rings (SSSR count). The zero-order valence-electron chi connectivity index (χ0n) is 13.6. The Kier molecular flexibility index (Phi) is 5.01. The van der Waals surface area contributed by atoms with Crippen LogP contribution in [0, 0.1) is 11.6 Å². The van der Waals surface area contributed by atoms with Crippen molar-refractivity contribution < 1.29 is 13.5 Å². The van der Waals surface area contributed by atoms with Gasteiger partial charge in [0.25, 0.3) is 0 Å². The number of nitrogens with zero attached hydrogens (tertiary/aromatic N) is 4. The number of hydrogen-bond donors (Lipinski definition) is 0. The van der Waals surface area contributed by atoms with E-state index in [1.165, 1.54) is 6.07 Å². The van der Waals surface area contributed by atoms with Gasteiger partial charge in [-0.25, -0.2) is 8.78 Å². The maximum absolute atomic E-state index is 13.4. The van der Waals surface area contributed by atoms with Gasteiger partial charge in [-0.3, -0.25) is 9.58 Å². The van der Waals surface area contributed by atoms with Crippen LogP contribution >= 0.6 is 0 Å². The highest BCUT2D eigenvalue weighted by molar-refractivity contribution is 5.22. The number of rotatable bonds is 6. The van der Waals surface area contributed by atoms with Crippen LogP contribution in [0.3, 0.4) is 0 Å². The van der Waals surface area contributed by atoms with Crippen molar-refractivity contribution in [3.63, 3.8) is 0 Å². The lowest BCUT2D eigenvalue weighted by atomic mass is 9.98. The highest BCUT2D eigenvalue weighted by atomic mass is 19.2. The van der Waals surface area contributed by atoms with Gasteiger partial charge >= 0.3 is 0 Å². The van der Waals surface area contributed by atoms with Crippen molar-refractivity contribution in [3.05, 3.63) is 59.4 Å². The SMILES string of the molecule is C=CCOCC1CN(Cc2ccc(F)c(F)c2)Cc2nnn(C)c21. The zero-order valence-corrected chi connectivity index (χ0v) is 13.6. The summed E-state index contributed by atoms with van der Waals surface area (Å²) in [6.07, 6.45) is 1.71. The average molecular weight is 334 g/mol. The number of ether oxygens (including phenoxy) is 1. The van der Waals surface area contributed by atoms with Gasteiger partial charge in [-0.05, 0) is 17.7 Å². The number of halogens is 2. The summed E-state index contributed by atoms with van der Waals surface area (Å²) in [5, 5.41) is 8.32. The molecular weight excluding hydrogens is 314 g/mol. The third-order valence-corrected chi connectivity index (χ3v) is 4.13. The summed E-state index contributed by atoms with van der Waals surface area (Å²) in [4.78, 5) is 2.14. The maximum Gasteiger partial charge on any atom is 0.159 e. The Hall–Kier alpha value is -2.12. The van der Waals surface area contributed by atoms with E-state index >= 15 is 0 Å². The van der Waals surface area contributed by atoms with Crippen molar-refractivity contribution in [2.45, 2.75) is 19.0 Å². The molecule has 0 aliphatic carbocycles.